The van der Waals surface area contributed by atoms with Crippen LogP contribution in [0, 0.1) is 0 Å². The molecule has 0 bridgehead atoms. The highest BCUT2D eigenvalue weighted by atomic mass is 16.2. The third-order valence-corrected chi connectivity index (χ3v) is 4.13. The molecule has 2 aromatic rings. The fourth-order valence-corrected chi connectivity index (χ4v) is 2.80. The number of imidazole rings is 1. The van der Waals surface area contributed by atoms with Crippen LogP contribution in [-0.4, -0.2) is 46.5 Å². The molecule has 1 aliphatic heterocycles. The molecule has 0 aliphatic carbocycles. The van der Waals surface area contributed by atoms with E-state index in [1.165, 1.54) is 0 Å². The van der Waals surface area contributed by atoms with E-state index in [4.69, 9.17) is 0 Å². The Morgan fingerprint density at radius 1 is 1.17 bits per heavy atom. The van der Waals surface area contributed by atoms with Crippen LogP contribution in [0.15, 0.2) is 48.8 Å². The standard InChI is InChI=1S/C18H22N4O/c1-2-20-11-10-19-18(20)22-14-12-21(13-15-22)17(23)9-8-16-6-4-3-5-7-16/h3-11H,2,12-15H2,1H3. The van der Waals surface area contributed by atoms with Crippen LogP contribution in [0.1, 0.15) is 12.5 Å². The average molecular weight is 310 g/mol. The van der Waals surface area contributed by atoms with Gasteiger partial charge in [0, 0.05) is 51.2 Å². The zero-order chi connectivity index (χ0) is 16.1. The van der Waals surface area contributed by atoms with Crippen LogP contribution >= 0.6 is 0 Å². The van der Waals surface area contributed by atoms with E-state index in [1.807, 2.05) is 53.7 Å². The van der Waals surface area contributed by atoms with Crippen molar-refractivity contribution in [2.75, 3.05) is 31.1 Å². The van der Waals surface area contributed by atoms with Crippen LogP contribution in [0.3, 0.4) is 0 Å². The molecule has 2 heterocycles. The molecule has 5 nitrogen and oxygen atoms in total. The summed E-state index contributed by atoms with van der Waals surface area (Å²) in [6.45, 7) is 6.13. The number of rotatable bonds is 4. The summed E-state index contributed by atoms with van der Waals surface area (Å²) in [5.41, 5.74) is 1.05. The number of piperazine rings is 1. The van der Waals surface area contributed by atoms with Crippen molar-refractivity contribution in [1.82, 2.24) is 14.5 Å². The van der Waals surface area contributed by atoms with Crippen LogP contribution in [0.2, 0.25) is 0 Å². The van der Waals surface area contributed by atoms with E-state index in [-0.39, 0.29) is 5.91 Å². The summed E-state index contributed by atoms with van der Waals surface area (Å²) < 4.78 is 2.13. The van der Waals surface area contributed by atoms with Crippen LogP contribution < -0.4 is 4.90 Å². The monoisotopic (exact) mass is 310 g/mol. The number of hydrogen-bond acceptors (Lipinski definition) is 3. The summed E-state index contributed by atoms with van der Waals surface area (Å²) in [6.07, 6.45) is 7.37. The SMILES string of the molecule is CCn1ccnc1N1CCN(C(=O)C=Cc2ccccc2)CC1. The number of amides is 1. The maximum atomic E-state index is 12.3. The van der Waals surface area contributed by atoms with Gasteiger partial charge in [0.1, 0.15) is 0 Å². The van der Waals surface area contributed by atoms with Crippen LogP contribution in [0.4, 0.5) is 5.95 Å². The number of nitrogens with zero attached hydrogens (tertiary/aromatic N) is 4. The molecule has 1 aromatic heterocycles. The van der Waals surface area contributed by atoms with Gasteiger partial charge in [0.05, 0.1) is 0 Å². The third-order valence-electron chi connectivity index (χ3n) is 4.13. The largest absolute Gasteiger partial charge is 0.339 e. The summed E-state index contributed by atoms with van der Waals surface area (Å²) in [5.74, 6) is 1.08. The summed E-state index contributed by atoms with van der Waals surface area (Å²) in [7, 11) is 0. The van der Waals surface area contributed by atoms with E-state index in [2.05, 4.69) is 21.4 Å². The van der Waals surface area contributed by atoms with Crippen LogP contribution in [0.5, 0.6) is 0 Å². The molecule has 120 valence electrons. The van der Waals surface area contributed by atoms with Crippen molar-refractivity contribution >= 4 is 17.9 Å². The highest BCUT2D eigenvalue weighted by molar-refractivity contribution is 5.91. The number of aromatic nitrogens is 2. The fourth-order valence-electron chi connectivity index (χ4n) is 2.80. The van der Waals surface area contributed by atoms with Gasteiger partial charge in [0.15, 0.2) is 0 Å². The smallest absolute Gasteiger partial charge is 0.246 e. The first-order valence-corrected chi connectivity index (χ1v) is 8.06. The Morgan fingerprint density at radius 2 is 1.91 bits per heavy atom. The zero-order valence-corrected chi connectivity index (χ0v) is 13.4. The minimum Gasteiger partial charge on any atom is -0.339 e. The van der Waals surface area contributed by atoms with Gasteiger partial charge in [-0.1, -0.05) is 30.3 Å². The van der Waals surface area contributed by atoms with E-state index in [0.717, 1.165) is 44.2 Å². The van der Waals surface area contributed by atoms with Gasteiger partial charge in [-0.25, -0.2) is 4.98 Å². The van der Waals surface area contributed by atoms with Crippen LogP contribution in [-0.2, 0) is 11.3 Å². The molecule has 0 saturated carbocycles. The molecule has 0 atom stereocenters. The second kappa shape index (κ2) is 7.13. The van der Waals surface area contributed by atoms with Gasteiger partial charge in [-0.3, -0.25) is 4.79 Å². The summed E-state index contributed by atoms with van der Waals surface area (Å²) in [6, 6.07) is 9.90. The summed E-state index contributed by atoms with van der Waals surface area (Å²) in [5, 5.41) is 0. The van der Waals surface area contributed by atoms with Gasteiger partial charge in [-0.05, 0) is 18.6 Å². The Hall–Kier alpha value is -2.56. The summed E-state index contributed by atoms with van der Waals surface area (Å²) in [4.78, 5) is 20.9. The van der Waals surface area contributed by atoms with Crippen molar-refractivity contribution in [1.29, 1.82) is 0 Å². The lowest BCUT2D eigenvalue weighted by molar-refractivity contribution is -0.126. The third kappa shape index (κ3) is 3.62. The van der Waals surface area contributed by atoms with E-state index in [1.54, 1.807) is 6.08 Å². The molecular formula is C18H22N4O. The highest BCUT2D eigenvalue weighted by Crippen LogP contribution is 2.14. The Balaban J connectivity index is 1.56. The number of carbonyl (C=O) groups is 1. The maximum Gasteiger partial charge on any atom is 0.246 e. The topological polar surface area (TPSA) is 41.4 Å². The van der Waals surface area contributed by atoms with Gasteiger partial charge < -0.3 is 14.4 Å². The van der Waals surface area contributed by atoms with Crippen molar-refractivity contribution in [3.8, 4) is 0 Å². The number of hydrogen-bond donors (Lipinski definition) is 0. The van der Waals surface area contributed by atoms with Crippen LogP contribution in [0.25, 0.3) is 6.08 Å². The maximum absolute atomic E-state index is 12.3. The second-order valence-corrected chi connectivity index (χ2v) is 5.57. The Bertz CT molecular complexity index is 669. The number of aryl methyl sites for hydroxylation is 1. The lowest BCUT2D eigenvalue weighted by Gasteiger charge is -2.35. The minimum atomic E-state index is 0.0762. The predicted octanol–water partition coefficient (Wildman–Crippen LogP) is 2.27. The molecule has 1 saturated heterocycles. The first-order valence-electron chi connectivity index (χ1n) is 8.06. The highest BCUT2D eigenvalue weighted by Gasteiger charge is 2.21. The molecule has 1 aliphatic rings. The first-order chi connectivity index (χ1) is 11.3. The van der Waals surface area contributed by atoms with Gasteiger partial charge in [-0.15, -0.1) is 0 Å². The van der Waals surface area contributed by atoms with E-state index in [9.17, 15) is 4.79 Å². The van der Waals surface area contributed by atoms with Gasteiger partial charge in [0.25, 0.3) is 0 Å². The van der Waals surface area contributed by atoms with E-state index < -0.39 is 0 Å². The van der Waals surface area contributed by atoms with Crippen molar-refractivity contribution < 1.29 is 4.79 Å². The average Bonchev–Trinajstić information content (AvgIpc) is 3.09. The Kier molecular flexibility index (Phi) is 4.76. The molecule has 0 spiro atoms. The normalized spacial score (nSPS) is 15.3. The molecule has 3 rings (SSSR count). The molecule has 1 aromatic carbocycles. The fraction of sp³-hybridized carbons (Fsp3) is 0.333. The molecule has 0 radical (unpaired) electrons. The molecule has 1 amide bonds. The molecule has 1 fully saturated rings. The van der Waals surface area contributed by atoms with Gasteiger partial charge >= 0.3 is 0 Å². The van der Waals surface area contributed by atoms with E-state index >= 15 is 0 Å². The molecule has 5 heteroatoms. The second-order valence-electron chi connectivity index (χ2n) is 5.57. The predicted molar refractivity (Wildman–Crippen MR) is 92.2 cm³/mol. The molecule has 0 unspecified atom stereocenters. The lowest BCUT2D eigenvalue weighted by atomic mass is 10.2. The van der Waals surface area contributed by atoms with Gasteiger partial charge in [-0.2, -0.15) is 0 Å². The van der Waals surface area contributed by atoms with Gasteiger partial charge in [0.2, 0.25) is 11.9 Å². The van der Waals surface area contributed by atoms with Crippen molar-refractivity contribution in [2.45, 2.75) is 13.5 Å². The molecule has 0 N–H and O–H groups in total. The van der Waals surface area contributed by atoms with Crippen molar-refractivity contribution in [2.24, 2.45) is 0 Å². The lowest BCUT2D eigenvalue weighted by Crippen LogP contribution is -2.49. The first kappa shape index (κ1) is 15.3. The Labute approximate surface area is 136 Å². The quantitative estimate of drug-likeness (QED) is 0.814. The molecular weight excluding hydrogens is 288 g/mol. The number of anilines is 1. The zero-order valence-electron chi connectivity index (χ0n) is 13.4. The number of carbonyl (C=O) groups excluding carboxylic acids is 1. The Morgan fingerprint density at radius 3 is 2.61 bits per heavy atom. The number of benzene rings is 1. The van der Waals surface area contributed by atoms with Crippen molar-refractivity contribution in [3.05, 3.63) is 54.4 Å². The van der Waals surface area contributed by atoms with E-state index in [0.29, 0.717) is 0 Å². The summed E-state index contributed by atoms with van der Waals surface area (Å²) >= 11 is 0. The van der Waals surface area contributed by atoms with Crippen molar-refractivity contribution in [3.63, 3.8) is 0 Å². The molecule has 23 heavy (non-hydrogen) atoms. The minimum absolute atomic E-state index is 0.0762.